The Morgan fingerprint density at radius 2 is 1.67 bits per heavy atom. The van der Waals surface area contributed by atoms with Gasteiger partial charge in [0.2, 0.25) is 0 Å². The number of rotatable bonds is 10. The number of benzene rings is 2. The first-order valence-corrected chi connectivity index (χ1v) is 16.0. The van der Waals surface area contributed by atoms with E-state index in [9.17, 15) is 14.3 Å². The lowest BCUT2D eigenvalue weighted by Crippen LogP contribution is -2.39. The monoisotopic (exact) mass is 627 g/mol. The van der Waals surface area contributed by atoms with Gasteiger partial charge in [-0.3, -0.25) is 4.98 Å². The van der Waals surface area contributed by atoms with E-state index < -0.39 is 17.7 Å². The van der Waals surface area contributed by atoms with Gasteiger partial charge in [0, 0.05) is 61.3 Å². The van der Waals surface area contributed by atoms with Crippen LogP contribution in [0.2, 0.25) is 0 Å². The number of anilines is 1. The number of pyridine rings is 1. The first-order valence-electron chi connectivity index (χ1n) is 16.0. The van der Waals surface area contributed by atoms with Gasteiger partial charge < -0.3 is 24.0 Å². The molecule has 1 fully saturated rings. The zero-order chi connectivity index (χ0) is 33.2. The van der Waals surface area contributed by atoms with E-state index in [4.69, 9.17) is 14.5 Å². The van der Waals surface area contributed by atoms with Crippen LogP contribution in [0.5, 0.6) is 5.75 Å². The molecule has 2 aromatic carbocycles. The van der Waals surface area contributed by atoms with E-state index in [0.29, 0.717) is 30.0 Å². The summed E-state index contributed by atoms with van der Waals surface area (Å²) < 4.78 is 27.6. The summed E-state index contributed by atoms with van der Waals surface area (Å²) in [6.07, 6.45) is 5.45. The van der Waals surface area contributed by atoms with Crippen molar-refractivity contribution >= 4 is 11.7 Å². The normalized spacial score (nSPS) is 15.5. The summed E-state index contributed by atoms with van der Waals surface area (Å²) in [4.78, 5) is 20.4. The molecule has 4 aromatic rings. The Morgan fingerprint density at radius 1 is 1.02 bits per heavy atom. The maximum atomic E-state index is 13.3. The molecule has 0 amide bonds. The molecule has 7 nitrogen and oxygen atoms in total. The van der Waals surface area contributed by atoms with Crippen molar-refractivity contribution in [3.05, 3.63) is 89.6 Å². The molecular weight excluding hydrogens is 581 g/mol. The Bertz CT molecular complexity index is 1660. The summed E-state index contributed by atoms with van der Waals surface area (Å²) >= 11 is 0. The first kappa shape index (κ1) is 33.2. The van der Waals surface area contributed by atoms with Gasteiger partial charge in [-0.25, -0.2) is 9.18 Å². The third-order valence-corrected chi connectivity index (χ3v) is 8.61. The second-order valence-corrected chi connectivity index (χ2v) is 14.1. The van der Waals surface area contributed by atoms with E-state index in [1.54, 1.807) is 12.1 Å². The van der Waals surface area contributed by atoms with Crippen LogP contribution < -0.4 is 9.64 Å². The number of aliphatic carboxylic acids is 1. The van der Waals surface area contributed by atoms with Crippen LogP contribution >= 0.6 is 0 Å². The van der Waals surface area contributed by atoms with Gasteiger partial charge >= 0.3 is 5.97 Å². The van der Waals surface area contributed by atoms with Crippen molar-refractivity contribution < 1.29 is 23.8 Å². The first-order chi connectivity index (χ1) is 21.7. The SMILES string of the molecule is Cc1nc(-c2ccn(C)c2)c(-c2ccc(OCCc3ccc(F)cc3)cc2)c(N2CCC(C)(C)CC2)c1C(OC(C)(C)C)C(=O)O. The number of halogens is 1. The lowest BCUT2D eigenvalue weighted by atomic mass is 9.81. The minimum absolute atomic E-state index is 0.197. The minimum atomic E-state index is -1.20. The molecule has 1 aliphatic heterocycles. The highest BCUT2D eigenvalue weighted by molar-refractivity contribution is 5.94. The molecule has 2 aromatic heterocycles. The highest BCUT2D eigenvalue weighted by Gasteiger charge is 2.37. The number of hydrogen-bond acceptors (Lipinski definition) is 5. The molecule has 8 heteroatoms. The van der Waals surface area contributed by atoms with Crippen molar-refractivity contribution in [2.75, 3.05) is 24.6 Å². The average molecular weight is 628 g/mol. The molecule has 1 N–H and O–H groups in total. The molecule has 0 radical (unpaired) electrons. The highest BCUT2D eigenvalue weighted by Crippen LogP contribution is 2.47. The lowest BCUT2D eigenvalue weighted by Gasteiger charge is -2.41. The van der Waals surface area contributed by atoms with Crippen LogP contribution in [0.15, 0.2) is 67.0 Å². The molecule has 0 aliphatic carbocycles. The van der Waals surface area contributed by atoms with Crippen LogP contribution in [0.1, 0.15) is 70.4 Å². The molecule has 46 heavy (non-hydrogen) atoms. The van der Waals surface area contributed by atoms with Crippen molar-refractivity contribution in [2.24, 2.45) is 12.5 Å². The van der Waals surface area contributed by atoms with E-state index in [2.05, 4.69) is 18.7 Å². The molecule has 3 heterocycles. The van der Waals surface area contributed by atoms with E-state index in [1.807, 2.05) is 82.0 Å². The summed E-state index contributed by atoms with van der Waals surface area (Å²) in [5.41, 5.74) is 6.15. The van der Waals surface area contributed by atoms with Gasteiger partial charge in [-0.05, 0) is 87.4 Å². The molecule has 5 rings (SSSR count). The van der Waals surface area contributed by atoms with E-state index in [0.717, 1.165) is 59.6 Å². The van der Waals surface area contributed by atoms with E-state index in [-0.39, 0.29) is 11.2 Å². The van der Waals surface area contributed by atoms with Gasteiger partial charge in [-0.15, -0.1) is 0 Å². The maximum absolute atomic E-state index is 13.3. The summed E-state index contributed by atoms with van der Waals surface area (Å²) in [7, 11) is 1.98. The summed E-state index contributed by atoms with van der Waals surface area (Å²) in [5.74, 6) is -0.578. The second kappa shape index (κ2) is 13.3. The fourth-order valence-corrected chi connectivity index (χ4v) is 6.05. The Hall–Kier alpha value is -4.17. The Balaban J connectivity index is 1.63. The van der Waals surface area contributed by atoms with Crippen molar-refractivity contribution in [3.63, 3.8) is 0 Å². The minimum Gasteiger partial charge on any atom is -0.493 e. The van der Waals surface area contributed by atoms with Gasteiger partial charge in [-0.1, -0.05) is 38.1 Å². The number of ether oxygens (including phenoxy) is 2. The van der Waals surface area contributed by atoms with Crippen LogP contribution in [-0.4, -0.2) is 45.9 Å². The predicted molar refractivity (Wildman–Crippen MR) is 181 cm³/mol. The van der Waals surface area contributed by atoms with Crippen LogP contribution in [0.3, 0.4) is 0 Å². The molecule has 0 bridgehead atoms. The maximum Gasteiger partial charge on any atom is 0.337 e. The molecule has 0 saturated carbocycles. The van der Waals surface area contributed by atoms with E-state index in [1.165, 1.54) is 12.1 Å². The smallest absolute Gasteiger partial charge is 0.337 e. The van der Waals surface area contributed by atoms with Gasteiger partial charge in [-0.2, -0.15) is 0 Å². The van der Waals surface area contributed by atoms with Gasteiger partial charge in [0.1, 0.15) is 11.6 Å². The third kappa shape index (κ3) is 7.79. The Kier molecular flexibility index (Phi) is 9.59. The molecule has 1 unspecified atom stereocenters. The molecule has 1 saturated heterocycles. The molecule has 1 atom stereocenters. The summed E-state index contributed by atoms with van der Waals surface area (Å²) in [6.45, 7) is 14.1. The number of carboxylic acids is 1. The Morgan fingerprint density at radius 3 is 2.24 bits per heavy atom. The van der Waals surface area contributed by atoms with Crippen LogP contribution in [-0.2, 0) is 23.0 Å². The third-order valence-electron chi connectivity index (χ3n) is 8.61. The zero-order valence-corrected chi connectivity index (χ0v) is 28.1. The number of nitrogens with zero attached hydrogens (tertiary/aromatic N) is 3. The zero-order valence-electron chi connectivity index (χ0n) is 28.1. The number of aromatic nitrogens is 2. The van der Waals surface area contributed by atoms with E-state index >= 15 is 0 Å². The summed E-state index contributed by atoms with van der Waals surface area (Å²) in [6, 6.07) is 16.4. The molecular formula is C38H46FN3O4. The van der Waals surface area contributed by atoms with Gasteiger partial charge in [0.25, 0.3) is 0 Å². The average Bonchev–Trinajstić information content (AvgIpc) is 3.42. The fourth-order valence-electron chi connectivity index (χ4n) is 6.05. The topological polar surface area (TPSA) is 76.8 Å². The number of aryl methyl sites for hydroxylation is 2. The number of carboxylic acid groups (broad SMARTS) is 1. The predicted octanol–water partition coefficient (Wildman–Crippen LogP) is 8.39. The number of hydrogen-bond donors (Lipinski definition) is 1. The van der Waals surface area contributed by atoms with Crippen molar-refractivity contribution in [3.8, 4) is 28.1 Å². The Labute approximate surface area is 272 Å². The van der Waals surface area contributed by atoms with Gasteiger partial charge in [0.05, 0.1) is 23.6 Å². The largest absolute Gasteiger partial charge is 0.493 e. The summed E-state index contributed by atoms with van der Waals surface area (Å²) in [5, 5.41) is 10.6. The second-order valence-electron chi connectivity index (χ2n) is 14.1. The highest BCUT2D eigenvalue weighted by atomic mass is 19.1. The van der Waals surface area contributed by atoms with Crippen molar-refractivity contribution in [1.29, 1.82) is 0 Å². The number of piperidine rings is 1. The number of carbonyl (C=O) groups is 1. The van der Waals surface area contributed by atoms with Crippen molar-refractivity contribution in [2.45, 2.75) is 72.5 Å². The van der Waals surface area contributed by atoms with Crippen LogP contribution in [0, 0.1) is 18.2 Å². The molecule has 1 aliphatic rings. The van der Waals surface area contributed by atoms with Crippen LogP contribution in [0.25, 0.3) is 22.4 Å². The van der Waals surface area contributed by atoms with Crippen molar-refractivity contribution in [1.82, 2.24) is 9.55 Å². The standard InChI is InChI=1S/C38H46FN3O4/c1-25-31(35(36(43)44)46-37(2,3)4)34(42-21-18-38(5,6)19-22-42)32(33(40-25)28-16-20-41(7)24-28)27-10-14-30(15-11-27)45-23-17-26-8-12-29(39)13-9-26/h8-16,20,24,35H,17-19,21-23H2,1-7H3,(H,43,44). The fraction of sp³-hybridized carbons (Fsp3) is 0.421. The molecule has 0 spiro atoms. The van der Waals surface area contributed by atoms with Gasteiger partial charge in [0.15, 0.2) is 6.10 Å². The molecule has 244 valence electrons. The quantitative estimate of drug-likeness (QED) is 0.190. The van der Waals surface area contributed by atoms with Crippen LogP contribution in [0.4, 0.5) is 10.1 Å². The lowest BCUT2D eigenvalue weighted by molar-refractivity contribution is -0.160.